The quantitative estimate of drug-likeness (QED) is 0.585. The van der Waals surface area contributed by atoms with E-state index >= 15 is 0 Å². The first-order valence-electron chi connectivity index (χ1n) is 9.90. The zero-order valence-corrected chi connectivity index (χ0v) is 17.3. The lowest BCUT2D eigenvalue weighted by Crippen LogP contribution is -2.28. The number of hydrogen-bond donors (Lipinski definition) is 2. The molecule has 1 unspecified atom stereocenters. The molecule has 0 aliphatic carbocycles. The second kappa shape index (κ2) is 9.31. The summed E-state index contributed by atoms with van der Waals surface area (Å²) in [5, 5.41) is 2.83. The SMILES string of the molecule is Cc1cccc(-c2nc(C(F)(F)F)ccc2CNC(=O)C(C)c2cccc(CN)c2)c1. The van der Waals surface area contributed by atoms with Crippen LogP contribution in [0.4, 0.5) is 13.2 Å². The van der Waals surface area contributed by atoms with Gasteiger partial charge in [-0.2, -0.15) is 13.2 Å². The Labute approximate surface area is 179 Å². The van der Waals surface area contributed by atoms with Gasteiger partial charge in [-0.15, -0.1) is 0 Å². The molecule has 162 valence electrons. The van der Waals surface area contributed by atoms with Gasteiger partial charge in [-0.3, -0.25) is 4.79 Å². The van der Waals surface area contributed by atoms with Crippen molar-refractivity contribution in [1.82, 2.24) is 10.3 Å². The number of amides is 1. The maximum Gasteiger partial charge on any atom is 0.433 e. The van der Waals surface area contributed by atoms with Gasteiger partial charge < -0.3 is 11.1 Å². The number of hydrogen-bond acceptors (Lipinski definition) is 3. The second-order valence-electron chi connectivity index (χ2n) is 7.46. The van der Waals surface area contributed by atoms with Gasteiger partial charge in [-0.05, 0) is 42.7 Å². The fourth-order valence-corrected chi connectivity index (χ4v) is 3.31. The number of halogens is 3. The molecular weight excluding hydrogens is 403 g/mol. The van der Waals surface area contributed by atoms with Crippen molar-refractivity contribution in [1.29, 1.82) is 0 Å². The highest BCUT2D eigenvalue weighted by Gasteiger charge is 2.33. The van der Waals surface area contributed by atoms with Crippen molar-refractivity contribution >= 4 is 5.91 Å². The van der Waals surface area contributed by atoms with Crippen LogP contribution < -0.4 is 11.1 Å². The van der Waals surface area contributed by atoms with Crippen molar-refractivity contribution in [3.05, 3.63) is 88.6 Å². The van der Waals surface area contributed by atoms with Crippen LogP contribution >= 0.6 is 0 Å². The summed E-state index contributed by atoms with van der Waals surface area (Å²) in [4.78, 5) is 16.6. The van der Waals surface area contributed by atoms with E-state index in [4.69, 9.17) is 5.73 Å². The summed E-state index contributed by atoms with van der Waals surface area (Å²) in [5.74, 6) is -0.666. The van der Waals surface area contributed by atoms with Crippen LogP contribution in [-0.2, 0) is 24.1 Å². The van der Waals surface area contributed by atoms with Crippen LogP contribution in [0, 0.1) is 6.92 Å². The number of carbonyl (C=O) groups is 1. The smallest absolute Gasteiger partial charge is 0.351 e. The molecule has 1 atom stereocenters. The zero-order valence-electron chi connectivity index (χ0n) is 17.3. The minimum atomic E-state index is -4.55. The molecule has 4 nitrogen and oxygen atoms in total. The third-order valence-corrected chi connectivity index (χ3v) is 5.09. The van der Waals surface area contributed by atoms with Gasteiger partial charge in [0.2, 0.25) is 5.91 Å². The lowest BCUT2D eigenvalue weighted by atomic mass is 9.98. The molecule has 1 amide bonds. The van der Waals surface area contributed by atoms with E-state index in [1.807, 2.05) is 37.3 Å². The third kappa shape index (κ3) is 5.49. The maximum atomic E-state index is 13.2. The average Bonchev–Trinajstić information content (AvgIpc) is 2.76. The van der Waals surface area contributed by atoms with Crippen LogP contribution in [0.5, 0.6) is 0 Å². The first kappa shape index (κ1) is 22.5. The summed E-state index contributed by atoms with van der Waals surface area (Å²) in [6.45, 7) is 4.07. The molecule has 0 spiro atoms. The lowest BCUT2D eigenvalue weighted by Gasteiger charge is -2.16. The summed E-state index contributed by atoms with van der Waals surface area (Å²) in [6, 6.07) is 16.9. The maximum absolute atomic E-state index is 13.2. The van der Waals surface area contributed by atoms with E-state index in [1.165, 1.54) is 6.07 Å². The van der Waals surface area contributed by atoms with Crippen molar-refractivity contribution in [3.8, 4) is 11.3 Å². The number of nitrogens with two attached hydrogens (primary N) is 1. The van der Waals surface area contributed by atoms with Crippen LogP contribution in [-0.4, -0.2) is 10.9 Å². The summed E-state index contributed by atoms with van der Waals surface area (Å²) in [5.41, 5.74) is 8.63. The number of nitrogens with one attached hydrogen (secondary N) is 1. The molecule has 3 aromatic rings. The molecule has 0 fully saturated rings. The fourth-order valence-electron chi connectivity index (χ4n) is 3.31. The van der Waals surface area contributed by atoms with Crippen molar-refractivity contribution in [2.75, 3.05) is 0 Å². The molecule has 0 saturated carbocycles. The van der Waals surface area contributed by atoms with E-state index < -0.39 is 17.8 Å². The van der Waals surface area contributed by atoms with Gasteiger partial charge in [0.15, 0.2) is 0 Å². The molecule has 31 heavy (non-hydrogen) atoms. The summed E-state index contributed by atoms with van der Waals surface area (Å²) in [7, 11) is 0. The topological polar surface area (TPSA) is 68.0 Å². The lowest BCUT2D eigenvalue weighted by molar-refractivity contribution is -0.141. The highest BCUT2D eigenvalue weighted by atomic mass is 19.4. The van der Waals surface area contributed by atoms with Gasteiger partial charge in [0.1, 0.15) is 5.69 Å². The van der Waals surface area contributed by atoms with Crippen molar-refractivity contribution in [2.24, 2.45) is 5.73 Å². The van der Waals surface area contributed by atoms with E-state index in [0.717, 1.165) is 22.8 Å². The predicted octanol–water partition coefficient (Wildman–Crippen LogP) is 4.95. The summed E-state index contributed by atoms with van der Waals surface area (Å²) < 4.78 is 39.7. The predicted molar refractivity (Wildman–Crippen MR) is 114 cm³/mol. The van der Waals surface area contributed by atoms with Crippen LogP contribution in [0.1, 0.15) is 40.8 Å². The first-order valence-corrected chi connectivity index (χ1v) is 9.90. The Morgan fingerprint density at radius 1 is 1.10 bits per heavy atom. The molecule has 1 aromatic heterocycles. The number of carbonyl (C=O) groups excluding carboxylic acids is 1. The number of pyridine rings is 1. The van der Waals surface area contributed by atoms with Gasteiger partial charge in [0.05, 0.1) is 11.6 Å². The Balaban J connectivity index is 1.85. The Bertz CT molecular complexity index is 1080. The normalized spacial score (nSPS) is 12.5. The molecule has 3 N–H and O–H groups in total. The monoisotopic (exact) mass is 427 g/mol. The van der Waals surface area contributed by atoms with Crippen LogP contribution in [0.3, 0.4) is 0 Å². The van der Waals surface area contributed by atoms with Crippen molar-refractivity contribution in [2.45, 2.75) is 39.0 Å². The Morgan fingerprint density at radius 2 is 1.84 bits per heavy atom. The number of aryl methyl sites for hydroxylation is 1. The van der Waals surface area contributed by atoms with E-state index in [0.29, 0.717) is 17.7 Å². The minimum Gasteiger partial charge on any atom is -0.351 e. The molecular formula is C24H24F3N3O. The highest BCUT2D eigenvalue weighted by molar-refractivity contribution is 5.83. The molecule has 0 saturated heterocycles. The molecule has 0 bridgehead atoms. The molecule has 1 heterocycles. The highest BCUT2D eigenvalue weighted by Crippen LogP contribution is 2.31. The van der Waals surface area contributed by atoms with Gasteiger partial charge in [0, 0.05) is 18.7 Å². The number of nitrogens with zero attached hydrogens (tertiary/aromatic N) is 1. The second-order valence-corrected chi connectivity index (χ2v) is 7.46. The Kier molecular flexibility index (Phi) is 6.75. The fraction of sp³-hybridized carbons (Fsp3) is 0.250. The van der Waals surface area contributed by atoms with Gasteiger partial charge >= 0.3 is 6.18 Å². The van der Waals surface area contributed by atoms with Crippen LogP contribution in [0.2, 0.25) is 0 Å². The van der Waals surface area contributed by atoms with E-state index in [2.05, 4.69) is 10.3 Å². The molecule has 3 rings (SSSR count). The largest absolute Gasteiger partial charge is 0.433 e. The molecule has 7 heteroatoms. The van der Waals surface area contributed by atoms with Gasteiger partial charge in [-0.25, -0.2) is 4.98 Å². The van der Waals surface area contributed by atoms with Crippen molar-refractivity contribution < 1.29 is 18.0 Å². The molecule has 0 aliphatic rings. The van der Waals surface area contributed by atoms with Crippen LogP contribution in [0.15, 0.2) is 60.7 Å². The number of aromatic nitrogens is 1. The van der Waals surface area contributed by atoms with Gasteiger partial charge in [-0.1, -0.05) is 54.1 Å². The molecule has 0 radical (unpaired) electrons. The van der Waals surface area contributed by atoms with E-state index in [-0.39, 0.29) is 18.1 Å². The molecule has 2 aromatic carbocycles. The molecule has 0 aliphatic heterocycles. The third-order valence-electron chi connectivity index (χ3n) is 5.09. The number of rotatable bonds is 6. The van der Waals surface area contributed by atoms with Gasteiger partial charge in [0.25, 0.3) is 0 Å². The first-order chi connectivity index (χ1) is 14.7. The Hall–Kier alpha value is -3.19. The summed E-state index contributed by atoms with van der Waals surface area (Å²) >= 11 is 0. The van der Waals surface area contributed by atoms with Crippen molar-refractivity contribution in [3.63, 3.8) is 0 Å². The van der Waals surface area contributed by atoms with Crippen LogP contribution in [0.25, 0.3) is 11.3 Å². The number of alkyl halides is 3. The van der Waals surface area contributed by atoms with E-state index in [1.54, 1.807) is 25.1 Å². The van der Waals surface area contributed by atoms with E-state index in [9.17, 15) is 18.0 Å². The Morgan fingerprint density at radius 3 is 2.52 bits per heavy atom. The number of benzene rings is 2. The minimum absolute atomic E-state index is 0.0637. The zero-order chi connectivity index (χ0) is 22.6. The average molecular weight is 427 g/mol. The standard InChI is InChI=1S/C24H24F3N3O/c1-15-5-3-8-19(11-15)22-20(9-10-21(30-22)24(25,26)27)14-29-23(31)16(2)18-7-4-6-17(12-18)13-28/h3-12,16H,13-14,28H2,1-2H3,(H,29,31). The summed E-state index contributed by atoms with van der Waals surface area (Å²) in [6.07, 6.45) is -4.55.